The van der Waals surface area contributed by atoms with Gasteiger partial charge >= 0.3 is 0 Å². The zero-order chi connectivity index (χ0) is 18.0. The van der Waals surface area contributed by atoms with E-state index in [1.165, 1.54) is 13.2 Å². The lowest BCUT2D eigenvalue weighted by molar-refractivity contribution is 0.172. The summed E-state index contributed by atoms with van der Waals surface area (Å²) in [6, 6.07) is 11.0. The highest BCUT2D eigenvalue weighted by molar-refractivity contribution is 5.45. The Balaban J connectivity index is 1.85. The van der Waals surface area contributed by atoms with E-state index in [1.54, 1.807) is 18.2 Å². The molecule has 2 atom stereocenters. The highest BCUT2D eigenvalue weighted by Gasteiger charge is 2.32. The van der Waals surface area contributed by atoms with Gasteiger partial charge in [0.25, 0.3) is 0 Å². The number of halogens is 2. The van der Waals surface area contributed by atoms with Gasteiger partial charge in [-0.05, 0) is 41.8 Å². The summed E-state index contributed by atoms with van der Waals surface area (Å²) >= 11 is 0. The van der Waals surface area contributed by atoms with Crippen molar-refractivity contribution in [2.24, 2.45) is 0 Å². The van der Waals surface area contributed by atoms with Crippen LogP contribution in [-0.2, 0) is 6.54 Å². The molecule has 130 valence electrons. The van der Waals surface area contributed by atoms with E-state index in [4.69, 9.17) is 4.74 Å². The fourth-order valence-corrected chi connectivity index (χ4v) is 3.30. The number of rotatable bonds is 4. The molecule has 2 aromatic rings. The number of hydrogen-bond acceptors (Lipinski definition) is 4. The molecule has 0 bridgehead atoms. The van der Waals surface area contributed by atoms with Crippen LogP contribution in [0.3, 0.4) is 0 Å². The summed E-state index contributed by atoms with van der Waals surface area (Å²) < 4.78 is 31.9. The number of methoxy groups -OCH3 is 1. The molecule has 25 heavy (non-hydrogen) atoms. The van der Waals surface area contributed by atoms with E-state index < -0.39 is 17.7 Å². The zero-order valence-corrected chi connectivity index (χ0v) is 13.7. The third-order valence-corrected chi connectivity index (χ3v) is 4.48. The molecule has 1 saturated heterocycles. The van der Waals surface area contributed by atoms with E-state index in [9.17, 15) is 19.1 Å². The molecule has 0 aliphatic carbocycles. The van der Waals surface area contributed by atoms with Crippen molar-refractivity contribution in [3.8, 4) is 11.8 Å². The van der Waals surface area contributed by atoms with E-state index in [0.717, 1.165) is 11.6 Å². The maximum atomic E-state index is 13.6. The van der Waals surface area contributed by atoms with Crippen molar-refractivity contribution < 1.29 is 18.6 Å². The maximum Gasteiger partial charge on any atom is 0.159 e. The molecule has 4 nitrogen and oxygen atoms in total. The minimum absolute atomic E-state index is 0.210. The Kier molecular flexibility index (Phi) is 4.98. The summed E-state index contributed by atoms with van der Waals surface area (Å²) in [5.41, 5.74) is 1.95. The first-order chi connectivity index (χ1) is 12.0. The van der Waals surface area contributed by atoms with Crippen molar-refractivity contribution >= 4 is 0 Å². The molecule has 1 N–H and O–H groups in total. The maximum absolute atomic E-state index is 13.6. The zero-order valence-electron chi connectivity index (χ0n) is 13.7. The Morgan fingerprint density at radius 2 is 2.04 bits per heavy atom. The van der Waals surface area contributed by atoms with Crippen LogP contribution in [0, 0.1) is 23.0 Å². The fourth-order valence-electron chi connectivity index (χ4n) is 3.30. The van der Waals surface area contributed by atoms with Crippen LogP contribution in [0.2, 0.25) is 0 Å². The Morgan fingerprint density at radius 1 is 1.24 bits per heavy atom. The van der Waals surface area contributed by atoms with Crippen LogP contribution in [0.4, 0.5) is 8.78 Å². The van der Waals surface area contributed by atoms with E-state index in [0.29, 0.717) is 36.4 Å². The second kappa shape index (κ2) is 7.18. The van der Waals surface area contributed by atoms with Gasteiger partial charge in [-0.1, -0.05) is 12.1 Å². The predicted molar refractivity (Wildman–Crippen MR) is 87.8 cm³/mol. The van der Waals surface area contributed by atoms with E-state index in [2.05, 4.69) is 6.07 Å². The molecule has 0 amide bonds. The van der Waals surface area contributed by atoms with Crippen LogP contribution in [-0.4, -0.2) is 29.8 Å². The molecule has 2 aromatic carbocycles. The van der Waals surface area contributed by atoms with Gasteiger partial charge in [0.2, 0.25) is 0 Å². The molecule has 1 heterocycles. The summed E-state index contributed by atoms with van der Waals surface area (Å²) in [5, 5.41) is 19.2. The first kappa shape index (κ1) is 17.3. The van der Waals surface area contributed by atoms with Crippen molar-refractivity contribution in [2.75, 3.05) is 13.7 Å². The van der Waals surface area contributed by atoms with Crippen molar-refractivity contribution in [1.82, 2.24) is 4.90 Å². The molecular formula is C19H18F2N2O2. The number of nitriles is 1. The predicted octanol–water partition coefficient (Wildman–Crippen LogP) is 3.15. The minimum Gasteiger partial charge on any atom is -0.495 e. The summed E-state index contributed by atoms with van der Waals surface area (Å²) in [7, 11) is 1.51. The Morgan fingerprint density at radius 3 is 2.72 bits per heavy atom. The van der Waals surface area contributed by atoms with Gasteiger partial charge in [-0.25, -0.2) is 8.78 Å². The van der Waals surface area contributed by atoms with Crippen molar-refractivity contribution in [3.63, 3.8) is 0 Å². The minimum atomic E-state index is -0.893. The molecule has 6 heteroatoms. The molecule has 0 radical (unpaired) electrons. The largest absolute Gasteiger partial charge is 0.495 e. The van der Waals surface area contributed by atoms with Crippen LogP contribution in [0.25, 0.3) is 0 Å². The number of benzene rings is 2. The lowest BCUT2D eigenvalue weighted by Gasteiger charge is -2.25. The molecule has 0 spiro atoms. The Bertz CT molecular complexity index is 820. The van der Waals surface area contributed by atoms with Crippen LogP contribution >= 0.6 is 0 Å². The normalized spacial score (nSPS) is 20.4. The fraction of sp³-hybridized carbons (Fsp3) is 0.316. The highest BCUT2D eigenvalue weighted by atomic mass is 19.2. The van der Waals surface area contributed by atoms with Crippen LogP contribution in [0.1, 0.15) is 29.2 Å². The lowest BCUT2D eigenvalue weighted by Crippen LogP contribution is -2.24. The van der Waals surface area contributed by atoms with Gasteiger partial charge in [0.05, 0.1) is 18.8 Å². The average Bonchev–Trinajstić information content (AvgIpc) is 2.97. The molecule has 3 rings (SSSR count). The number of likely N-dealkylation sites (tertiary alicyclic amines) is 1. The lowest BCUT2D eigenvalue weighted by atomic mass is 10.0. The standard InChI is InChI=1S/C19H18F2N2O2/c1-25-19-5-2-12(6-14(19)9-22)10-23-11-15(24)8-18(23)13-3-4-16(20)17(21)7-13/h2-7,15,18,24H,8,10-11H2,1H3/t15-,18+/m1/s1. The van der Waals surface area contributed by atoms with E-state index >= 15 is 0 Å². The highest BCUT2D eigenvalue weighted by Crippen LogP contribution is 2.34. The van der Waals surface area contributed by atoms with Crippen molar-refractivity contribution in [2.45, 2.75) is 25.1 Å². The molecule has 0 aromatic heterocycles. The molecule has 1 aliphatic heterocycles. The van der Waals surface area contributed by atoms with Crippen LogP contribution < -0.4 is 4.74 Å². The average molecular weight is 344 g/mol. The quantitative estimate of drug-likeness (QED) is 0.926. The topological polar surface area (TPSA) is 56.5 Å². The van der Waals surface area contributed by atoms with Gasteiger partial charge in [0, 0.05) is 19.1 Å². The first-order valence-corrected chi connectivity index (χ1v) is 7.96. The summed E-state index contributed by atoms with van der Waals surface area (Å²) in [6.07, 6.45) is -0.0846. The number of aliphatic hydroxyl groups is 1. The van der Waals surface area contributed by atoms with Gasteiger partial charge in [-0.15, -0.1) is 0 Å². The number of nitrogens with zero attached hydrogens (tertiary/aromatic N) is 2. The number of β-amino-alcohol motifs (C(OH)–C–C–N with tert-alkyl or cyclic N) is 1. The number of aliphatic hydroxyl groups excluding tert-OH is 1. The summed E-state index contributed by atoms with van der Waals surface area (Å²) in [4.78, 5) is 2.00. The van der Waals surface area contributed by atoms with Crippen molar-refractivity contribution in [1.29, 1.82) is 5.26 Å². The monoisotopic (exact) mass is 344 g/mol. The third kappa shape index (κ3) is 3.63. The second-order valence-electron chi connectivity index (χ2n) is 6.15. The summed E-state index contributed by atoms with van der Waals surface area (Å²) in [5.74, 6) is -1.28. The Labute approximate surface area is 144 Å². The first-order valence-electron chi connectivity index (χ1n) is 7.96. The molecule has 0 unspecified atom stereocenters. The van der Waals surface area contributed by atoms with E-state index in [1.807, 2.05) is 11.0 Å². The second-order valence-corrected chi connectivity index (χ2v) is 6.15. The smallest absolute Gasteiger partial charge is 0.159 e. The van der Waals surface area contributed by atoms with Crippen molar-refractivity contribution in [3.05, 3.63) is 64.7 Å². The number of ether oxygens (including phenoxy) is 1. The van der Waals surface area contributed by atoms with Crippen LogP contribution in [0.15, 0.2) is 36.4 Å². The SMILES string of the molecule is COc1ccc(CN2C[C@H](O)C[C@H]2c2ccc(F)c(F)c2)cc1C#N. The number of hydrogen-bond donors (Lipinski definition) is 1. The molecule has 0 saturated carbocycles. The molecule has 1 fully saturated rings. The molecule has 1 aliphatic rings. The molecular weight excluding hydrogens is 326 g/mol. The van der Waals surface area contributed by atoms with Gasteiger partial charge in [-0.2, -0.15) is 5.26 Å². The third-order valence-electron chi connectivity index (χ3n) is 4.48. The van der Waals surface area contributed by atoms with Gasteiger partial charge in [0.1, 0.15) is 11.8 Å². The Hall–Kier alpha value is -2.49. The van der Waals surface area contributed by atoms with Crippen LogP contribution in [0.5, 0.6) is 5.75 Å². The van der Waals surface area contributed by atoms with E-state index in [-0.39, 0.29) is 6.04 Å². The summed E-state index contributed by atoms with van der Waals surface area (Å²) in [6.45, 7) is 0.914. The van der Waals surface area contributed by atoms with Gasteiger partial charge in [-0.3, -0.25) is 4.90 Å². The van der Waals surface area contributed by atoms with Gasteiger partial charge < -0.3 is 9.84 Å². The van der Waals surface area contributed by atoms with Gasteiger partial charge in [0.15, 0.2) is 11.6 Å².